The average Bonchev–Trinajstić information content (AvgIpc) is 2.86. The predicted molar refractivity (Wildman–Crippen MR) is 76.3 cm³/mol. The Labute approximate surface area is 120 Å². The minimum absolute atomic E-state index is 0.0665. The number of carbonyl (C=O) groups excluding carboxylic acids is 1. The number of carbonyl (C=O) groups is 1. The van der Waals surface area contributed by atoms with Gasteiger partial charge in [0, 0.05) is 12.1 Å². The van der Waals surface area contributed by atoms with Gasteiger partial charge < -0.3 is 4.57 Å². The highest BCUT2D eigenvalue weighted by Crippen LogP contribution is 2.23. The molecule has 0 amide bonds. The fourth-order valence-electron chi connectivity index (χ4n) is 1.66. The Bertz CT molecular complexity index is 609. The molecular weight excluding hydrogens is 277 g/mol. The molecule has 4 nitrogen and oxygen atoms in total. The molecule has 0 radical (unpaired) electrons. The van der Waals surface area contributed by atoms with Crippen LogP contribution in [-0.2, 0) is 6.54 Å². The third-order valence-electron chi connectivity index (χ3n) is 2.69. The number of thioether (sulfide) groups is 1. The molecule has 0 saturated carbocycles. The van der Waals surface area contributed by atoms with E-state index in [1.165, 1.54) is 36.0 Å². The number of Topliss-reactive ketones (excluding diaryl/α,β-unsaturated/α-hetero) is 1. The van der Waals surface area contributed by atoms with Gasteiger partial charge >= 0.3 is 0 Å². The van der Waals surface area contributed by atoms with Crippen molar-refractivity contribution in [1.82, 2.24) is 14.8 Å². The summed E-state index contributed by atoms with van der Waals surface area (Å²) in [5, 5.41) is 8.14. The smallest absolute Gasteiger partial charge is 0.191 e. The Hall–Kier alpha value is -1.95. The topological polar surface area (TPSA) is 47.8 Å². The minimum Gasteiger partial charge on any atom is -0.305 e. The fraction of sp³-hybridized carbons (Fsp3) is 0.214. The quantitative estimate of drug-likeness (QED) is 0.466. The number of halogens is 1. The first-order chi connectivity index (χ1) is 9.61. The van der Waals surface area contributed by atoms with Gasteiger partial charge in [-0.1, -0.05) is 17.8 Å². The Morgan fingerprint density at radius 3 is 2.85 bits per heavy atom. The highest BCUT2D eigenvalue weighted by molar-refractivity contribution is 8.00. The van der Waals surface area contributed by atoms with Gasteiger partial charge in [0.15, 0.2) is 10.9 Å². The zero-order chi connectivity index (χ0) is 14.5. The van der Waals surface area contributed by atoms with Gasteiger partial charge in [0.2, 0.25) is 0 Å². The summed E-state index contributed by atoms with van der Waals surface area (Å²) in [6.07, 6.45) is 3.33. The molecule has 1 atom stereocenters. The van der Waals surface area contributed by atoms with E-state index in [1.54, 1.807) is 19.3 Å². The van der Waals surface area contributed by atoms with Crippen LogP contribution in [0.25, 0.3) is 0 Å². The van der Waals surface area contributed by atoms with Crippen molar-refractivity contribution in [1.29, 1.82) is 0 Å². The van der Waals surface area contributed by atoms with Crippen LogP contribution in [0.1, 0.15) is 17.3 Å². The van der Waals surface area contributed by atoms with E-state index in [9.17, 15) is 9.18 Å². The molecule has 1 aromatic carbocycles. The molecule has 0 N–H and O–H groups in total. The lowest BCUT2D eigenvalue weighted by Gasteiger charge is -2.10. The maximum absolute atomic E-state index is 12.8. The molecule has 0 spiro atoms. The third-order valence-corrected chi connectivity index (χ3v) is 3.78. The van der Waals surface area contributed by atoms with Gasteiger partial charge in [-0.25, -0.2) is 4.39 Å². The predicted octanol–water partition coefficient (Wildman–Crippen LogP) is 2.97. The summed E-state index contributed by atoms with van der Waals surface area (Å²) in [4.78, 5) is 12.2. The number of benzene rings is 1. The Morgan fingerprint density at radius 1 is 1.50 bits per heavy atom. The molecule has 1 heterocycles. The summed E-state index contributed by atoms with van der Waals surface area (Å²) in [7, 11) is 0. The van der Waals surface area contributed by atoms with Gasteiger partial charge in [0.1, 0.15) is 12.1 Å². The van der Waals surface area contributed by atoms with E-state index >= 15 is 0 Å². The van der Waals surface area contributed by atoms with E-state index in [1.807, 2.05) is 4.57 Å². The van der Waals surface area contributed by atoms with Crippen molar-refractivity contribution in [2.75, 3.05) is 0 Å². The molecule has 0 aliphatic carbocycles. The molecular formula is C14H14FN3OS. The molecule has 2 aromatic rings. The van der Waals surface area contributed by atoms with Crippen LogP contribution in [0.5, 0.6) is 0 Å². The SMILES string of the molecule is C=CCn1cnnc1S[C@@H](C)C(=O)c1ccc(F)cc1. The van der Waals surface area contributed by atoms with Crippen molar-refractivity contribution in [2.24, 2.45) is 0 Å². The monoisotopic (exact) mass is 291 g/mol. The number of rotatable bonds is 6. The van der Waals surface area contributed by atoms with Gasteiger partial charge in [-0.05, 0) is 31.2 Å². The van der Waals surface area contributed by atoms with Gasteiger partial charge in [-0.15, -0.1) is 16.8 Å². The van der Waals surface area contributed by atoms with Gasteiger partial charge in [-0.2, -0.15) is 0 Å². The summed E-state index contributed by atoms with van der Waals surface area (Å²) in [6, 6.07) is 5.54. The van der Waals surface area contributed by atoms with Crippen LogP contribution in [0.2, 0.25) is 0 Å². The fourth-order valence-corrected chi connectivity index (χ4v) is 2.57. The second-order valence-corrected chi connectivity index (χ2v) is 5.49. The zero-order valence-corrected chi connectivity index (χ0v) is 11.8. The van der Waals surface area contributed by atoms with Crippen molar-refractivity contribution in [3.8, 4) is 0 Å². The number of hydrogen-bond donors (Lipinski definition) is 0. The van der Waals surface area contributed by atoms with Crippen LogP contribution in [0.15, 0.2) is 48.4 Å². The van der Waals surface area contributed by atoms with E-state index < -0.39 is 0 Å². The first-order valence-corrected chi connectivity index (χ1v) is 6.95. The zero-order valence-electron chi connectivity index (χ0n) is 11.0. The molecule has 0 saturated heterocycles. The number of aromatic nitrogens is 3. The van der Waals surface area contributed by atoms with E-state index in [4.69, 9.17) is 0 Å². The maximum Gasteiger partial charge on any atom is 0.191 e. The Kier molecular flexibility index (Phi) is 4.68. The first kappa shape index (κ1) is 14.5. The lowest BCUT2D eigenvalue weighted by atomic mass is 10.1. The third kappa shape index (κ3) is 3.33. The normalized spacial score (nSPS) is 12.1. The van der Waals surface area contributed by atoms with Crippen LogP contribution >= 0.6 is 11.8 Å². The number of nitrogens with zero attached hydrogens (tertiary/aromatic N) is 3. The lowest BCUT2D eigenvalue weighted by molar-refractivity contribution is 0.0994. The van der Waals surface area contributed by atoms with Crippen molar-refractivity contribution in [2.45, 2.75) is 23.9 Å². The molecule has 0 aliphatic rings. The van der Waals surface area contributed by atoms with Crippen LogP contribution in [0.4, 0.5) is 4.39 Å². The molecule has 6 heteroatoms. The van der Waals surface area contributed by atoms with E-state index in [0.717, 1.165) is 0 Å². The van der Waals surface area contributed by atoms with Crippen molar-refractivity contribution in [3.63, 3.8) is 0 Å². The first-order valence-electron chi connectivity index (χ1n) is 6.07. The lowest BCUT2D eigenvalue weighted by Crippen LogP contribution is -2.14. The van der Waals surface area contributed by atoms with Gasteiger partial charge in [-0.3, -0.25) is 4.79 Å². The summed E-state index contributed by atoms with van der Waals surface area (Å²) >= 11 is 1.32. The van der Waals surface area contributed by atoms with Crippen molar-refractivity contribution < 1.29 is 9.18 Å². The second-order valence-electron chi connectivity index (χ2n) is 4.19. The molecule has 0 unspecified atom stereocenters. The summed E-state index contributed by atoms with van der Waals surface area (Å²) in [5.41, 5.74) is 0.487. The van der Waals surface area contributed by atoms with Crippen molar-refractivity contribution in [3.05, 3.63) is 54.6 Å². The van der Waals surface area contributed by atoms with Crippen LogP contribution in [-0.4, -0.2) is 25.8 Å². The molecule has 0 fully saturated rings. The van der Waals surface area contributed by atoms with Crippen molar-refractivity contribution >= 4 is 17.5 Å². The molecule has 20 heavy (non-hydrogen) atoms. The summed E-state index contributed by atoms with van der Waals surface area (Å²) in [6.45, 7) is 6.04. The average molecular weight is 291 g/mol. The summed E-state index contributed by atoms with van der Waals surface area (Å²) in [5.74, 6) is -0.421. The van der Waals surface area contributed by atoms with Crippen LogP contribution in [0, 0.1) is 5.82 Å². The van der Waals surface area contributed by atoms with Gasteiger partial charge in [0.05, 0.1) is 5.25 Å². The Balaban J connectivity index is 2.09. The molecule has 2 rings (SSSR count). The molecule has 1 aromatic heterocycles. The number of ketones is 1. The molecule has 0 aliphatic heterocycles. The largest absolute Gasteiger partial charge is 0.305 e. The standard InChI is InChI=1S/C14H14FN3OS/c1-3-8-18-9-16-17-14(18)20-10(2)13(19)11-4-6-12(15)7-5-11/h3-7,9-10H,1,8H2,2H3/t10-/m0/s1. The highest BCUT2D eigenvalue weighted by atomic mass is 32.2. The van der Waals surface area contributed by atoms with Crippen LogP contribution < -0.4 is 0 Å². The summed E-state index contributed by atoms with van der Waals surface area (Å²) < 4.78 is 14.7. The number of allylic oxidation sites excluding steroid dienone is 1. The maximum atomic E-state index is 12.8. The van der Waals surface area contributed by atoms with E-state index in [0.29, 0.717) is 17.3 Å². The minimum atomic E-state index is -0.354. The molecule has 0 bridgehead atoms. The molecule has 104 valence electrons. The highest BCUT2D eigenvalue weighted by Gasteiger charge is 2.19. The van der Waals surface area contributed by atoms with Crippen LogP contribution in [0.3, 0.4) is 0 Å². The number of hydrogen-bond acceptors (Lipinski definition) is 4. The van der Waals surface area contributed by atoms with E-state index in [-0.39, 0.29) is 16.9 Å². The Morgan fingerprint density at radius 2 is 2.20 bits per heavy atom. The van der Waals surface area contributed by atoms with Gasteiger partial charge in [0.25, 0.3) is 0 Å². The van der Waals surface area contributed by atoms with E-state index in [2.05, 4.69) is 16.8 Å². The second kappa shape index (κ2) is 6.47.